The minimum Gasteiger partial charge on any atom is -0.493 e. The Balaban J connectivity index is 0.00000147. The van der Waals surface area contributed by atoms with Gasteiger partial charge in [-0.3, -0.25) is 0 Å². The second-order valence-corrected chi connectivity index (χ2v) is 5.41. The summed E-state index contributed by atoms with van der Waals surface area (Å²) in [6.07, 6.45) is 2.40. The predicted octanol–water partition coefficient (Wildman–Crippen LogP) is 3.95. The molecule has 4 heteroatoms. The summed E-state index contributed by atoms with van der Waals surface area (Å²) in [5.41, 5.74) is 3.49. The van der Waals surface area contributed by atoms with Crippen LogP contribution >= 0.6 is 12.4 Å². The Kier molecular flexibility index (Phi) is 4.61. The van der Waals surface area contributed by atoms with Gasteiger partial charge < -0.3 is 14.5 Å². The van der Waals surface area contributed by atoms with Gasteiger partial charge in [-0.1, -0.05) is 0 Å². The van der Waals surface area contributed by atoms with Crippen LogP contribution in [0.25, 0.3) is 11.0 Å². The summed E-state index contributed by atoms with van der Waals surface area (Å²) < 4.78 is 11.3. The lowest BCUT2D eigenvalue weighted by atomic mass is 9.89. The molecule has 1 saturated heterocycles. The van der Waals surface area contributed by atoms with E-state index < -0.39 is 0 Å². The molecule has 3 nitrogen and oxygen atoms in total. The van der Waals surface area contributed by atoms with Crippen LogP contribution < -0.4 is 10.1 Å². The van der Waals surface area contributed by atoms with Gasteiger partial charge in [0.05, 0.1) is 7.11 Å². The van der Waals surface area contributed by atoms with Crippen molar-refractivity contribution < 1.29 is 9.15 Å². The first-order chi connectivity index (χ1) is 9.20. The van der Waals surface area contributed by atoms with Gasteiger partial charge in [-0.25, -0.2) is 0 Å². The quantitative estimate of drug-likeness (QED) is 0.911. The van der Waals surface area contributed by atoms with Crippen molar-refractivity contribution in [3.63, 3.8) is 0 Å². The lowest BCUT2D eigenvalue weighted by Crippen LogP contribution is -2.26. The number of fused-ring (bicyclic) bond motifs is 1. The molecule has 2 heterocycles. The van der Waals surface area contributed by atoms with Gasteiger partial charge in [0.2, 0.25) is 0 Å². The van der Waals surface area contributed by atoms with E-state index in [1.807, 2.05) is 6.92 Å². The van der Waals surface area contributed by atoms with E-state index in [1.54, 1.807) is 7.11 Å². The second-order valence-electron chi connectivity index (χ2n) is 5.41. The van der Waals surface area contributed by atoms with Crippen LogP contribution in [0.4, 0.5) is 0 Å². The van der Waals surface area contributed by atoms with E-state index in [9.17, 15) is 0 Å². The molecule has 0 unspecified atom stereocenters. The summed E-state index contributed by atoms with van der Waals surface area (Å²) in [6, 6.07) is 4.44. The van der Waals surface area contributed by atoms with Crippen LogP contribution in [0.3, 0.4) is 0 Å². The van der Waals surface area contributed by atoms with Crippen LogP contribution in [-0.4, -0.2) is 20.2 Å². The van der Waals surface area contributed by atoms with E-state index in [-0.39, 0.29) is 12.4 Å². The SMILES string of the molecule is COc1cc(C2CCNCC2)cc2c(C)c(C)oc12.Cl. The van der Waals surface area contributed by atoms with Crippen molar-refractivity contribution in [3.05, 3.63) is 29.0 Å². The number of nitrogens with one attached hydrogen (secondary N) is 1. The van der Waals surface area contributed by atoms with Crippen molar-refractivity contribution in [2.75, 3.05) is 20.2 Å². The van der Waals surface area contributed by atoms with Gasteiger partial charge in [0, 0.05) is 5.39 Å². The number of benzene rings is 1. The summed E-state index contributed by atoms with van der Waals surface area (Å²) in [5, 5.41) is 4.62. The van der Waals surface area contributed by atoms with Crippen LogP contribution in [0.5, 0.6) is 5.75 Å². The topological polar surface area (TPSA) is 34.4 Å². The average Bonchev–Trinajstić information content (AvgIpc) is 2.75. The average molecular weight is 296 g/mol. The van der Waals surface area contributed by atoms with E-state index >= 15 is 0 Å². The number of halogens is 1. The minimum absolute atomic E-state index is 0. The molecule has 20 heavy (non-hydrogen) atoms. The van der Waals surface area contributed by atoms with Crippen LogP contribution in [0.15, 0.2) is 16.5 Å². The van der Waals surface area contributed by atoms with Crippen LogP contribution in [0, 0.1) is 13.8 Å². The largest absolute Gasteiger partial charge is 0.493 e. The lowest BCUT2D eigenvalue weighted by molar-refractivity contribution is 0.405. The highest BCUT2D eigenvalue weighted by atomic mass is 35.5. The molecular formula is C16H22ClNO2. The number of hydrogen-bond acceptors (Lipinski definition) is 3. The molecule has 0 atom stereocenters. The Morgan fingerprint density at radius 1 is 1.20 bits per heavy atom. The Hall–Kier alpha value is -1.19. The standard InChI is InChI=1S/C16H21NO2.ClH/c1-10-11(2)19-16-14(10)8-13(9-15(16)18-3)12-4-6-17-7-5-12;/h8-9,12,17H,4-7H2,1-3H3;1H. The van der Waals surface area contributed by atoms with Gasteiger partial charge in [0.25, 0.3) is 0 Å². The van der Waals surface area contributed by atoms with Gasteiger partial charge in [-0.05, 0) is 69.0 Å². The number of ether oxygens (including phenoxy) is 1. The number of furan rings is 1. The van der Waals surface area contributed by atoms with Gasteiger partial charge in [0.15, 0.2) is 11.3 Å². The van der Waals surface area contributed by atoms with E-state index in [4.69, 9.17) is 9.15 Å². The third-order valence-electron chi connectivity index (χ3n) is 4.29. The molecule has 0 spiro atoms. The Morgan fingerprint density at radius 3 is 2.55 bits per heavy atom. The Bertz CT molecular complexity index is 600. The van der Waals surface area contributed by atoms with E-state index in [0.717, 1.165) is 30.2 Å². The molecule has 0 saturated carbocycles. The molecule has 1 aliphatic rings. The molecule has 2 aromatic rings. The molecule has 0 bridgehead atoms. The fourth-order valence-corrected chi connectivity index (χ4v) is 2.97. The third-order valence-corrected chi connectivity index (χ3v) is 4.29. The molecule has 1 aromatic carbocycles. The summed E-state index contributed by atoms with van der Waals surface area (Å²) in [4.78, 5) is 0. The summed E-state index contributed by atoms with van der Waals surface area (Å²) in [5.74, 6) is 2.48. The van der Waals surface area contributed by atoms with Gasteiger partial charge in [0.1, 0.15) is 5.76 Å². The normalized spacial score (nSPS) is 16.1. The molecular weight excluding hydrogens is 274 g/mol. The van der Waals surface area contributed by atoms with E-state index in [2.05, 4.69) is 24.4 Å². The van der Waals surface area contributed by atoms with Crippen molar-refractivity contribution in [2.45, 2.75) is 32.6 Å². The van der Waals surface area contributed by atoms with Crippen molar-refractivity contribution in [1.82, 2.24) is 5.32 Å². The number of rotatable bonds is 2. The van der Waals surface area contributed by atoms with Crippen LogP contribution in [-0.2, 0) is 0 Å². The molecule has 0 amide bonds. The monoisotopic (exact) mass is 295 g/mol. The summed E-state index contributed by atoms with van der Waals surface area (Å²) >= 11 is 0. The zero-order valence-corrected chi connectivity index (χ0v) is 13.1. The third kappa shape index (κ3) is 2.52. The second kappa shape index (κ2) is 6.06. The lowest BCUT2D eigenvalue weighted by Gasteiger charge is -2.23. The summed E-state index contributed by atoms with van der Waals surface area (Å²) in [7, 11) is 1.72. The van der Waals surface area contributed by atoms with Crippen molar-refractivity contribution in [3.8, 4) is 5.75 Å². The zero-order valence-electron chi connectivity index (χ0n) is 12.3. The van der Waals surface area contributed by atoms with Crippen molar-refractivity contribution in [1.29, 1.82) is 0 Å². The number of methoxy groups -OCH3 is 1. The van der Waals surface area contributed by atoms with Crippen molar-refractivity contribution >= 4 is 23.4 Å². The Labute approximate surface area is 126 Å². The highest BCUT2D eigenvalue weighted by Gasteiger charge is 2.19. The first-order valence-corrected chi connectivity index (χ1v) is 6.99. The molecule has 0 radical (unpaired) electrons. The predicted molar refractivity (Wildman–Crippen MR) is 84.3 cm³/mol. The van der Waals surface area contributed by atoms with Gasteiger partial charge in [-0.2, -0.15) is 0 Å². The number of piperidine rings is 1. The van der Waals surface area contributed by atoms with Gasteiger partial charge in [-0.15, -0.1) is 12.4 Å². The molecule has 0 aliphatic carbocycles. The molecule has 1 aromatic heterocycles. The molecule has 1 fully saturated rings. The molecule has 3 rings (SSSR count). The molecule has 1 N–H and O–H groups in total. The Morgan fingerprint density at radius 2 is 1.90 bits per heavy atom. The number of aryl methyl sites for hydroxylation is 2. The number of hydrogen-bond donors (Lipinski definition) is 1. The zero-order chi connectivity index (χ0) is 13.4. The van der Waals surface area contributed by atoms with Crippen LogP contribution in [0.1, 0.15) is 35.6 Å². The van der Waals surface area contributed by atoms with E-state index in [0.29, 0.717) is 5.92 Å². The molecule has 1 aliphatic heterocycles. The van der Waals surface area contributed by atoms with Gasteiger partial charge >= 0.3 is 0 Å². The molecule has 110 valence electrons. The maximum Gasteiger partial charge on any atom is 0.176 e. The summed E-state index contributed by atoms with van der Waals surface area (Å²) in [6.45, 7) is 6.34. The first kappa shape index (κ1) is 15.2. The highest BCUT2D eigenvalue weighted by Crippen LogP contribution is 2.37. The first-order valence-electron chi connectivity index (χ1n) is 6.99. The maximum atomic E-state index is 5.83. The fraction of sp³-hybridized carbons (Fsp3) is 0.500. The van der Waals surface area contributed by atoms with Crippen molar-refractivity contribution in [2.24, 2.45) is 0 Å². The van der Waals surface area contributed by atoms with E-state index in [1.165, 1.54) is 29.4 Å². The minimum atomic E-state index is 0. The maximum absolute atomic E-state index is 5.83. The fourth-order valence-electron chi connectivity index (χ4n) is 2.97. The highest BCUT2D eigenvalue weighted by molar-refractivity contribution is 5.88. The van der Waals surface area contributed by atoms with Crippen LogP contribution in [0.2, 0.25) is 0 Å². The smallest absolute Gasteiger partial charge is 0.176 e.